The van der Waals surface area contributed by atoms with Gasteiger partial charge in [0.1, 0.15) is 0 Å². The predicted octanol–water partition coefficient (Wildman–Crippen LogP) is 3.84. The minimum atomic E-state index is -0.326. The third kappa shape index (κ3) is 5.69. The van der Waals surface area contributed by atoms with Gasteiger partial charge in [-0.1, -0.05) is 45.8 Å². The number of hydrogen-bond donors (Lipinski definition) is 2. The van der Waals surface area contributed by atoms with Crippen LogP contribution in [0.15, 0.2) is 53.0 Å². The molecule has 2 aromatic rings. The maximum Gasteiger partial charge on any atom is 0.269 e. The maximum atomic E-state index is 12.1. The summed E-state index contributed by atoms with van der Waals surface area (Å²) in [7, 11) is 0. The summed E-state index contributed by atoms with van der Waals surface area (Å²) < 4.78 is 1.03. The van der Waals surface area contributed by atoms with E-state index in [1.54, 1.807) is 12.1 Å². The lowest BCUT2D eigenvalue weighted by atomic mass is 10.1. The van der Waals surface area contributed by atoms with E-state index in [1.807, 2.05) is 50.2 Å². The van der Waals surface area contributed by atoms with Gasteiger partial charge >= 0.3 is 0 Å². The summed E-state index contributed by atoms with van der Waals surface area (Å²) in [6.45, 7) is 3.77. The van der Waals surface area contributed by atoms with Crippen molar-refractivity contribution in [3.8, 4) is 0 Å². The SMILES string of the molecule is Cc1ccc(C(=O)NNC(=O)[C@@H](C)SCc2ccc(Br)cc2)cc1. The van der Waals surface area contributed by atoms with Crippen molar-refractivity contribution in [2.45, 2.75) is 24.9 Å². The third-order valence-electron chi connectivity index (χ3n) is 3.40. The van der Waals surface area contributed by atoms with Crippen molar-refractivity contribution in [2.75, 3.05) is 0 Å². The molecule has 0 unspecified atom stereocenters. The topological polar surface area (TPSA) is 58.2 Å². The van der Waals surface area contributed by atoms with Crippen molar-refractivity contribution in [2.24, 2.45) is 0 Å². The number of carbonyl (C=O) groups excluding carboxylic acids is 2. The van der Waals surface area contributed by atoms with Crippen LogP contribution in [0, 0.1) is 6.92 Å². The summed E-state index contributed by atoms with van der Waals surface area (Å²) in [5, 5.41) is -0.271. The molecule has 4 nitrogen and oxygen atoms in total. The number of carbonyl (C=O) groups is 2. The highest BCUT2D eigenvalue weighted by atomic mass is 79.9. The molecule has 0 fully saturated rings. The Morgan fingerprint density at radius 2 is 1.67 bits per heavy atom. The minimum absolute atomic E-state index is 0.224. The van der Waals surface area contributed by atoms with Gasteiger partial charge in [0.15, 0.2) is 0 Å². The van der Waals surface area contributed by atoms with Gasteiger partial charge in [0, 0.05) is 15.8 Å². The number of hydrazine groups is 1. The van der Waals surface area contributed by atoms with E-state index >= 15 is 0 Å². The van der Waals surface area contributed by atoms with E-state index in [2.05, 4.69) is 26.8 Å². The summed E-state index contributed by atoms with van der Waals surface area (Å²) in [4.78, 5) is 24.0. The third-order valence-corrected chi connectivity index (χ3v) is 5.14. The Labute approximate surface area is 154 Å². The molecule has 0 radical (unpaired) electrons. The lowest BCUT2D eigenvalue weighted by molar-refractivity contribution is -0.121. The van der Waals surface area contributed by atoms with Crippen LogP contribution in [-0.2, 0) is 10.5 Å². The van der Waals surface area contributed by atoms with Crippen molar-refractivity contribution in [3.63, 3.8) is 0 Å². The van der Waals surface area contributed by atoms with E-state index in [4.69, 9.17) is 0 Å². The Bertz CT molecular complexity index is 702. The smallest absolute Gasteiger partial charge is 0.269 e. The van der Waals surface area contributed by atoms with E-state index in [9.17, 15) is 9.59 Å². The molecule has 0 aromatic heterocycles. The van der Waals surface area contributed by atoms with Crippen molar-refractivity contribution in [3.05, 3.63) is 69.7 Å². The molecular formula is C18H19BrN2O2S. The van der Waals surface area contributed by atoms with Crippen molar-refractivity contribution >= 4 is 39.5 Å². The van der Waals surface area contributed by atoms with Crippen LogP contribution < -0.4 is 10.9 Å². The first kappa shape index (κ1) is 18.5. The number of nitrogens with one attached hydrogen (secondary N) is 2. The molecular weight excluding hydrogens is 388 g/mol. The zero-order valence-electron chi connectivity index (χ0n) is 13.5. The Morgan fingerprint density at radius 3 is 2.29 bits per heavy atom. The van der Waals surface area contributed by atoms with Crippen molar-refractivity contribution < 1.29 is 9.59 Å². The van der Waals surface area contributed by atoms with Gasteiger partial charge < -0.3 is 0 Å². The predicted molar refractivity (Wildman–Crippen MR) is 102 cm³/mol. The molecule has 2 rings (SSSR count). The number of rotatable bonds is 5. The first-order chi connectivity index (χ1) is 11.5. The largest absolute Gasteiger partial charge is 0.272 e. The molecule has 2 amide bonds. The second kappa shape index (κ2) is 8.89. The molecule has 0 spiro atoms. The van der Waals surface area contributed by atoms with Crippen LogP contribution in [0.1, 0.15) is 28.4 Å². The Morgan fingerprint density at radius 1 is 1.04 bits per heavy atom. The van der Waals surface area contributed by atoms with E-state index in [-0.39, 0.29) is 17.1 Å². The minimum Gasteiger partial charge on any atom is -0.272 e. The second-order valence-electron chi connectivity index (χ2n) is 5.39. The van der Waals surface area contributed by atoms with Gasteiger partial charge in [0.05, 0.1) is 5.25 Å². The second-order valence-corrected chi connectivity index (χ2v) is 7.63. The van der Waals surface area contributed by atoms with Gasteiger partial charge in [-0.2, -0.15) is 0 Å². The van der Waals surface area contributed by atoms with E-state index < -0.39 is 0 Å². The fourth-order valence-electron chi connectivity index (χ4n) is 1.87. The zero-order valence-corrected chi connectivity index (χ0v) is 15.9. The van der Waals surface area contributed by atoms with Gasteiger partial charge in [0.25, 0.3) is 11.8 Å². The molecule has 126 valence electrons. The standard InChI is InChI=1S/C18H19BrN2O2S/c1-12-3-7-15(8-4-12)18(23)21-20-17(22)13(2)24-11-14-5-9-16(19)10-6-14/h3-10,13H,11H2,1-2H3,(H,20,22)(H,21,23)/t13-/m1/s1. The molecule has 0 heterocycles. The Hall–Kier alpha value is -1.79. The summed E-state index contributed by atoms with van der Waals surface area (Å²) in [5.74, 6) is 0.180. The van der Waals surface area contributed by atoms with Gasteiger partial charge in [-0.05, 0) is 43.7 Å². The number of hydrogen-bond acceptors (Lipinski definition) is 3. The molecule has 0 saturated carbocycles. The molecule has 24 heavy (non-hydrogen) atoms. The number of halogens is 1. The number of amides is 2. The fourth-order valence-corrected chi connectivity index (χ4v) is 2.98. The first-order valence-corrected chi connectivity index (χ1v) is 9.33. The average molecular weight is 407 g/mol. The lowest BCUT2D eigenvalue weighted by Gasteiger charge is -2.13. The maximum absolute atomic E-state index is 12.1. The highest BCUT2D eigenvalue weighted by Crippen LogP contribution is 2.19. The molecule has 0 aliphatic heterocycles. The van der Waals surface area contributed by atoms with Crippen LogP contribution >= 0.6 is 27.7 Å². The van der Waals surface area contributed by atoms with Gasteiger partial charge in [-0.25, -0.2) is 0 Å². The van der Waals surface area contributed by atoms with Gasteiger partial charge in [-0.15, -0.1) is 11.8 Å². The van der Waals surface area contributed by atoms with Crippen LogP contribution in [0.3, 0.4) is 0 Å². The van der Waals surface area contributed by atoms with Gasteiger partial charge in [0.2, 0.25) is 0 Å². The quantitative estimate of drug-likeness (QED) is 0.741. The van der Waals surface area contributed by atoms with Crippen LogP contribution in [0.25, 0.3) is 0 Å². The molecule has 0 aliphatic carbocycles. The number of aryl methyl sites for hydroxylation is 1. The van der Waals surface area contributed by atoms with Crippen molar-refractivity contribution in [1.29, 1.82) is 0 Å². The molecule has 0 bridgehead atoms. The lowest BCUT2D eigenvalue weighted by Crippen LogP contribution is -2.44. The summed E-state index contributed by atoms with van der Waals surface area (Å²) in [6.07, 6.45) is 0. The molecule has 2 N–H and O–H groups in total. The average Bonchev–Trinajstić information content (AvgIpc) is 2.59. The normalized spacial score (nSPS) is 11.6. The highest BCUT2D eigenvalue weighted by Gasteiger charge is 2.14. The van der Waals surface area contributed by atoms with E-state index in [1.165, 1.54) is 11.8 Å². The molecule has 6 heteroatoms. The molecule has 1 atom stereocenters. The number of thioether (sulfide) groups is 1. The number of benzene rings is 2. The summed E-state index contributed by atoms with van der Waals surface area (Å²) in [5.41, 5.74) is 7.65. The van der Waals surface area contributed by atoms with E-state index in [0.717, 1.165) is 21.4 Å². The van der Waals surface area contributed by atoms with Crippen LogP contribution in [0.5, 0.6) is 0 Å². The Balaban J connectivity index is 1.77. The van der Waals surface area contributed by atoms with Gasteiger partial charge in [-0.3, -0.25) is 20.4 Å². The van der Waals surface area contributed by atoms with Crippen LogP contribution in [0.2, 0.25) is 0 Å². The fraction of sp³-hybridized carbons (Fsp3) is 0.222. The van der Waals surface area contributed by atoms with Crippen LogP contribution in [-0.4, -0.2) is 17.1 Å². The summed E-state index contributed by atoms with van der Waals surface area (Å²) in [6, 6.07) is 15.1. The zero-order chi connectivity index (χ0) is 17.5. The molecule has 0 aliphatic rings. The summed E-state index contributed by atoms with van der Waals surface area (Å²) >= 11 is 4.91. The Kier molecular flexibility index (Phi) is 6.87. The van der Waals surface area contributed by atoms with E-state index in [0.29, 0.717) is 5.56 Å². The molecule has 0 saturated heterocycles. The van der Waals surface area contributed by atoms with Crippen LogP contribution in [0.4, 0.5) is 0 Å². The van der Waals surface area contributed by atoms with Crippen molar-refractivity contribution in [1.82, 2.24) is 10.9 Å². The monoisotopic (exact) mass is 406 g/mol. The molecule has 2 aromatic carbocycles. The first-order valence-electron chi connectivity index (χ1n) is 7.48. The highest BCUT2D eigenvalue weighted by molar-refractivity contribution is 9.10.